The van der Waals surface area contributed by atoms with Crippen LogP contribution in [0, 0.1) is 5.92 Å². The van der Waals surface area contributed by atoms with Gasteiger partial charge in [-0.1, -0.05) is 42.8 Å². The lowest BCUT2D eigenvalue weighted by Gasteiger charge is -2.37. The molecule has 7 heteroatoms. The fourth-order valence-corrected chi connectivity index (χ4v) is 7.99. The van der Waals surface area contributed by atoms with Crippen LogP contribution in [0.25, 0.3) is 0 Å². The third kappa shape index (κ3) is 4.07. The zero-order valence-electron chi connectivity index (χ0n) is 21.8. The summed E-state index contributed by atoms with van der Waals surface area (Å²) in [4.78, 5) is 15.2. The number of ether oxygens (including phenoxy) is 2. The first kappa shape index (κ1) is 23.9. The van der Waals surface area contributed by atoms with Crippen molar-refractivity contribution in [2.45, 2.75) is 76.0 Å². The number of anilines is 1. The molecule has 5 heterocycles. The molecule has 3 atom stereocenters. The molecular weight excluding hydrogens is 484 g/mol. The highest BCUT2D eigenvalue weighted by molar-refractivity contribution is 6.31. The maximum atomic E-state index is 6.72. The van der Waals surface area contributed by atoms with Crippen molar-refractivity contribution in [1.29, 1.82) is 0 Å². The van der Waals surface area contributed by atoms with E-state index in [1.165, 1.54) is 43.5 Å². The summed E-state index contributed by atoms with van der Waals surface area (Å²) in [6, 6.07) is 6.76. The normalized spacial score (nSPS) is 30.9. The minimum atomic E-state index is -0.363. The zero-order valence-corrected chi connectivity index (χ0v) is 22.6. The number of rotatable bonds is 4. The van der Waals surface area contributed by atoms with Crippen LogP contribution >= 0.6 is 11.6 Å². The van der Waals surface area contributed by atoms with Crippen molar-refractivity contribution in [1.82, 2.24) is 14.9 Å². The summed E-state index contributed by atoms with van der Waals surface area (Å²) in [7, 11) is 0. The Balaban J connectivity index is 1.23. The van der Waals surface area contributed by atoms with Gasteiger partial charge in [-0.15, -0.1) is 0 Å². The van der Waals surface area contributed by atoms with E-state index in [4.69, 9.17) is 31.0 Å². The second-order valence-electron chi connectivity index (χ2n) is 11.9. The predicted octanol–water partition coefficient (Wildman–Crippen LogP) is 5.45. The third-order valence-electron chi connectivity index (χ3n) is 9.45. The summed E-state index contributed by atoms with van der Waals surface area (Å²) >= 11 is 6.58. The first-order valence-corrected chi connectivity index (χ1v) is 14.5. The molecule has 0 N–H and O–H groups in total. The third-order valence-corrected chi connectivity index (χ3v) is 9.81. The van der Waals surface area contributed by atoms with Gasteiger partial charge in [0.25, 0.3) is 0 Å². The van der Waals surface area contributed by atoms with E-state index in [9.17, 15) is 0 Å². The lowest BCUT2D eigenvalue weighted by Crippen LogP contribution is -2.43. The Morgan fingerprint density at radius 2 is 1.97 bits per heavy atom. The van der Waals surface area contributed by atoms with Gasteiger partial charge in [0, 0.05) is 36.6 Å². The lowest BCUT2D eigenvalue weighted by atomic mass is 9.87. The molecule has 2 aromatic rings. The van der Waals surface area contributed by atoms with E-state index in [1.807, 2.05) is 12.1 Å². The van der Waals surface area contributed by atoms with Crippen molar-refractivity contribution in [2.24, 2.45) is 5.92 Å². The average Bonchev–Trinajstić information content (AvgIpc) is 3.44. The SMILES string of the molecule is C[C@H]1CN2CCC[C@@]2(COc2nc3c(c(N4CCC=CCC4)n2)COC2(CCc4c(Cl)cccc42)C3)C1. The molecule has 7 rings (SSSR count). The highest BCUT2D eigenvalue weighted by Crippen LogP contribution is 2.49. The van der Waals surface area contributed by atoms with Gasteiger partial charge in [0.1, 0.15) is 12.4 Å². The van der Waals surface area contributed by atoms with Crippen LogP contribution in [0.15, 0.2) is 30.4 Å². The van der Waals surface area contributed by atoms with E-state index < -0.39 is 0 Å². The van der Waals surface area contributed by atoms with Crippen molar-refractivity contribution in [3.05, 3.63) is 57.8 Å². The Morgan fingerprint density at radius 3 is 2.84 bits per heavy atom. The molecule has 1 spiro atoms. The maximum absolute atomic E-state index is 6.72. The molecule has 2 saturated heterocycles. The minimum Gasteiger partial charge on any atom is -0.461 e. The molecule has 5 aliphatic rings. The number of hydrogen-bond acceptors (Lipinski definition) is 6. The van der Waals surface area contributed by atoms with Crippen LogP contribution in [-0.2, 0) is 29.8 Å². The lowest BCUT2D eigenvalue weighted by molar-refractivity contribution is -0.0730. The van der Waals surface area contributed by atoms with Crippen LogP contribution in [0.5, 0.6) is 6.01 Å². The molecule has 1 aromatic heterocycles. The summed E-state index contributed by atoms with van der Waals surface area (Å²) in [6.07, 6.45) is 12.9. The monoisotopic (exact) mass is 520 g/mol. The second kappa shape index (κ2) is 9.25. The minimum absolute atomic E-state index is 0.150. The van der Waals surface area contributed by atoms with Gasteiger partial charge in [0.15, 0.2) is 0 Å². The topological polar surface area (TPSA) is 50.7 Å². The molecule has 4 aliphatic heterocycles. The fraction of sp³-hybridized carbons (Fsp3) is 0.600. The number of benzene rings is 1. The van der Waals surface area contributed by atoms with Crippen LogP contribution in [0.2, 0.25) is 5.02 Å². The molecule has 0 bridgehead atoms. The van der Waals surface area contributed by atoms with Crippen molar-refractivity contribution in [3.8, 4) is 6.01 Å². The largest absolute Gasteiger partial charge is 0.461 e. The van der Waals surface area contributed by atoms with Crippen LogP contribution < -0.4 is 9.64 Å². The number of halogens is 1. The molecule has 6 nitrogen and oxygen atoms in total. The maximum Gasteiger partial charge on any atom is 0.318 e. The van der Waals surface area contributed by atoms with Gasteiger partial charge in [-0.2, -0.15) is 9.97 Å². The van der Waals surface area contributed by atoms with Crippen LogP contribution in [0.4, 0.5) is 5.82 Å². The van der Waals surface area contributed by atoms with Crippen molar-refractivity contribution in [2.75, 3.05) is 37.7 Å². The van der Waals surface area contributed by atoms with Crippen LogP contribution in [0.1, 0.15) is 67.8 Å². The van der Waals surface area contributed by atoms with E-state index in [0.29, 0.717) is 19.2 Å². The van der Waals surface area contributed by atoms with E-state index in [2.05, 4.69) is 34.9 Å². The standard InChI is InChI=1S/C30H37ClN4O2/c1-21-16-29(11-7-15-35(29)18-21)20-36-28-32-26-17-30(12-10-22-24(30)8-6-9-25(22)31)37-19-23(26)27(33-28)34-13-4-2-3-5-14-34/h2-3,6,8-9,21H,4-5,7,10-20H2,1H3/t21-,29+,30?/m1/s1. The molecule has 2 fully saturated rings. The van der Waals surface area contributed by atoms with Crippen molar-refractivity contribution >= 4 is 17.4 Å². The van der Waals surface area contributed by atoms with Gasteiger partial charge in [-0.3, -0.25) is 4.90 Å². The molecule has 1 unspecified atom stereocenters. The Bertz CT molecular complexity index is 1220. The van der Waals surface area contributed by atoms with Gasteiger partial charge in [-0.25, -0.2) is 0 Å². The molecule has 0 saturated carbocycles. The molecule has 1 aliphatic carbocycles. The molecule has 196 valence electrons. The number of aromatic nitrogens is 2. The Morgan fingerprint density at radius 1 is 1.11 bits per heavy atom. The van der Waals surface area contributed by atoms with Crippen LogP contribution in [0.3, 0.4) is 0 Å². The highest BCUT2D eigenvalue weighted by atomic mass is 35.5. The Labute approximate surface area is 225 Å². The second-order valence-corrected chi connectivity index (χ2v) is 12.3. The summed E-state index contributed by atoms with van der Waals surface area (Å²) < 4.78 is 13.3. The summed E-state index contributed by atoms with van der Waals surface area (Å²) in [5.74, 6) is 1.73. The fourth-order valence-electron chi connectivity index (χ4n) is 7.72. The van der Waals surface area contributed by atoms with E-state index >= 15 is 0 Å². The zero-order chi connectivity index (χ0) is 25.0. The Hall–Kier alpha value is -2.15. The van der Waals surface area contributed by atoms with E-state index in [-0.39, 0.29) is 11.1 Å². The summed E-state index contributed by atoms with van der Waals surface area (Å²) in [6.45, 7) is 7.85. The van der Waals surface area contributed by atoms with Gasteiger partial charge < -0.3 is 14.4 Å². The van der Waals surface area contributed by atoms with Crippen molar-refractivity contribution < 1.29 is 9.47 Å². The summed E-state index contributed by atoms with van der Waals surface area (Å²) in [5.41, 5.74) is 4.46. The smallest absolute Gasteiger partial charge is 0.318 e. The molecule has 0 radical (unpaired) electrons. The van der Waals surface area contributed by atoms with Crippen LogP contribution in [-0.4, -0.2) is 53.2 Å². The van der Waals surface area contributed by atoms with Crippen molar-refractivity contribution in [3.63, 3.8) is 0 Å². The Kier molecular flexibility index (Phi) is 5.98. The van der Waals surface area contributed by atoms with E-state index in [0.717, 1.165) is 73.2 Å². The van der Waals surface area contributed by atoms with Gasteiger partial charge in [-0.05, 0) is 74.6 Å². The predicted molar refractivity (Wildman–Crippen MR) is 145 cm³/mol. The van der Waals surface area contributed by atoms with Gasteiger partial charge >= 0.3 is 6.01 Å². The first-order chi connectivity index (χ1) is 18.1. The molecule has 1 aromatic carbocycles. The molecule has 37 heavy (non-hydrogen) atoms. The number of fused-ring (bicyclic) bond motifs is 4. The number of nitrogens with zero attached hydrogens (tertiary/aromatic N) is 4. The molecule has 0 amide bonds. The molecular formula is C30H37ClN4O2. The van der Waals surface area contributed by atoms with E-state index in [1.54, 1.807) is 0 Å². The first-order valence-electron chi connectivity index (χ1n) is 14.1. The average molecular weight is 521 g/mol. The highest BCUT2D eigenvalue weighted by Gasteiger charge is 2.48. The van der Waals surface area contributed by atoms with Gasteiger partial charge in [0.05, 0.1) is 23.4 Å². The summed E-state index contributed by atoms with van der Waals surface area (Å²) in [5, 5.41) is 0.847. The van der Waals surface area contributed by atoms with Gasteiger partial charge in [0.2, 0.25) is 0 Å². The quantitative estimate of drug-likeness (QED) is 0.499. The number of hydrogen-bond donors (Lipinski definition) is 0.